The highest BCUT2D eigenvalue weighted by atomic mass is 19.4. The second-order valence-corrected chi connectivity index (χ2v) is 9.05. The fourth-order valence-corrected chi connectivity index (χ4v) is 3.45. The van der Waals surface area contributed by atoms with Gasteiger partial charge in [-0.1, -0.05) is 5.10 Å². The van der Waals surface area contributed by atoms with E-state index in [9.17, 15) is 31.1 Å². The number of ether oxygens (including phenoxy) is 4. The zero-order chi connectivity index (χ0) is 28.1. The number of anilines is 1. The first kappa shape index (κ1) is 29.1. The van der Waals surface area contributed by atoms with Crippen molar-refractivity contribution in [2.75, 3.05) is 25.1 Å². The molecule has 0 aromatic carbocycles. The van der Waals surface area contributed by atoms with Crippen LogP contribution < -0.4 is 14.8 Å². The number of nitrogens with zero attached hydrogens (tertiary/aromatic N) is 4. The summed E-state index contributed by atoms with van der Waals surface area (Å²) >= 11 is 0. The Bertz CT molecular complexity index is 1060. The van der Waals surface area contributed by atoms with Gasteiger partial charge in [-0.2, -0.15) is 0 Å². The van der Waals surface area contributed by atoms with Crippen molar-refractivity contribution in [3.8, 4) is 12.0 Å². The quantitative estimate of drug-likeness (QED) is 0.357. The fraction of sp³-hybridized carbons (Fsp3) is 0.619. The Morgan fingerprint density at radius 3 is 2.42 bits per heavy atom. The number of carbonyl (C=O) groups excluding carboxylic acids is 1. The van der Waals surface area contributed by atoms with Crippen LogP contribution in [-0.2, 0) is 9.47 Å². The highest BCUT2D eigenvalue weighted by Crippen LogP contribution is 2.34. The van der Waals surface area contributed by atoms with Gasteiger partial charge in [0.05, 0.1) is 18.5 Å². The standard InChI is InChI=1S/C21H25F6N5O6/c1-19(2,3)38-18(33)32-11-13(29-12-5-7-15(28-10-12)37-21(25,26)27)4-6-14(32)16-30-31-17(36-16)34-8-9-35-20(22,23)24/h5,7,10,13-14,29H,4,6,8-9,11H2,1-3H3/t13?,14-/m0/s1. The molecule has 0 aliphatic carbocycles. The second-order valence-electron chi connectivity index (χ2n) is 9.05. The van der Waals surface area contributed by atoms with Crippen LogP contribution in [0.5, 0.6) is 12.0 Å². The molecule has 212 valence electrons. The van der Waals surface area contributed by atoms with Crippen molar-refractivity contribution in [1.82, 2.24) is 20.1 Å². The zero-order valence-corrected chi connectivity index (χ0v) is 20.4. The van der Waals surface area contributed by atoms with Crippen LogP contribution in [0.4, 0.5) is 36.8 Å². The fourth-order valence-electron chi connectivity index (χ4n) is 3.45. The second kappa shape index (κ2) is 11.5. The van der Waals surface area contributed by atoms with Crippen LogP contribution >= 0.6 is 0 Å². The molecule has 1 fully saturated rings. The molecule has 0 saturated carbocycles. The molecule has 3 rings (SSSR count). The minimum absolute atomic E-state index is 0.0173. The molecule has 2 atom stereocenters. The number of aromatic nitrogens is 3. The summed E-state index contributed by atoms with van der Waals surface area (Å²) in [6.07, 6.45) is -8.84. The monoisotopic (exact) mass is 557 g/mol. The number of hydrogen-bond acceptors (Lipinski definition) is 10. The van der Waals surface area contributed by atoms with E-state index in [1.165, 1.54) is 11.0 Å². The van der Waals surface area contributed by atoms with Crippen molar-refractivity contribution in [3.63, 3.8) is 0 Å². The summed E-state index contributed by atoms with van der Waals surface area (Å²) in [5, 5.41) is 10.6. The number of halogens is 6. The Balaban J connectivity index is 1.67. The Morgan fingerprint density at radius 1 is 1.08 bits per heavy atom. The molecule has 1 amide bonds. The average Bonchev–Trinajstić information content (AvgIpc) is 3.24. The molecule has 1 aliphatic rings. The molecule has 1 N–H and O–H groups in total. The number of amides is 1. The van der Waals surface area contributed by atoms with Crippen LogP contribution in [0.2, 0.25) is 0 Å². The van der Waals surface area contributed by atoms with Crippen LogP contribution in [-0.4, -0.2) is 70.3 Å². The number of nitrogens with one attached hydrogen (secondary N) is 1. The molecule has 0 bridgehead atoms. The molecule has 1 aliphatic heterocycles. The molecule has 38 heavy (non-hydrogen) atoms. The predicted molar refractivity (Wildman–Crippen MR) is 115 cm³/mol. The molecule has 1 unspecified atom stereocenters. The summed E-state index contributed by atoms with van der Waals surface area (Å²) in [6.45, 7) is 3.82. The van der Waals surface area contributed by atoms with E-state index in [0.717, 1.165) is 12.3 Å². The zero-order valence-electron chi connectivity index (χ0n) is 20.4. The van der Waals surface area contributed by atoms with Gasteiger partial charge in [0.15, 0.2) is 0 Å². The topological polar surface area (TPSA) is 121 Å². The summed E-state index contributed by atoms with van der Waals surface area (Å²) in [6, 6.07) is 1.31. The predicted octanol–water partition coefficient (Wildman–Crippen LogP) is 4.83. The van der Waals surface area contributed by atoms with Gasteiger partial charge in [0, 0.05) is 18.7 Å². The molecule has 2 aromatic rings. The summed E-state index contributed by atoms with van der Waals surface area (Å²) < 4.78 is 96.5. The van der Waals surface area contributed by atoms with E-state index >= 15 is 0 Å². The lowest BCUT2D eigenvalue weighted by Gasteiger charge is -2.39. The van der Waals surface area contributed by atoms with Crippen molar-refractivity contribution in [2.24, 2.45) is 0 Å². The van der Waals surface area contributed by atoms with Gasteiger partial charge >= 0.3 is 24.9 Å². The number of carbonyl (C=O) groups is 1. The highest BCUT2D eigenvalue weighted by Gasteiger charge is 2.38. The van der Waals surface area contributed by atoms with Gasteiger partial charge in [0.1, 0.15) is 18.2 Å². The Hall–Kier alpha value is -3.50. The van der Waals surface area contributed by atoms with E-state index < -0.39 is 55.6 Å². The first-order valence-electron chi connectivity index (χ1n) is 11.2. The molecule has 11 nitrogen and oxygen atoms in total. The first-order chi connectivity index (χ1) is 17.6. The van der Waals surface area contributed by atoms with Crippen LogP contribution in [0.25, 0.3) is 0 Å². The number of likely N-dealkylation sites (tertiary alicyclic amines) is 1. The van der Waals surface area contributed by atoms with E-state index in [1.54, 1.807) is 20.8 Å². The maximum atomic E-state index is 13.0. The maximum Gasteiger partial charge on any atom is 0.574 e. The van der Waals surface area contributed by atoms with Gasteiger partial charge in [-0.15, -0.1) is 31.4 Å². The maximum absolute atomic E-state index is 13.0. The number of alkyl halides is 6. The van der Waals surface area contributed by atoms with Gasteiger partial charge in [0.25, 0.3) is 0 Å². The van der Waals surface area contributed by atoms with Crippen molar-refractivity contribution >= 4 is 11.8 Å². The van der Waals surface area contributed by atoms with Crippen LogP contribution in [0.3, 0.4) is 0 Å². The summed E-state index contributed by atoms with van der Waals surface area (Å²) in [7, 11) is 0. The molecule has 0 radical (unpaired) electrons. The lowest BCUT2D eigenvalue weighted by atomic mass is 9.98. The lowest BCUT2D eigenvalue weighted by molar-refractivity contribution is -0.325. The van der Waals surface area contributed by atoms with Crippen molar-refractivity contribution in [3.05, 3.63) is 24.2 Å². The summed E-state index contributed by atoms with van der Waals surface area (Å²) in [4.78, 5) is 17.9. The normalized spacial score (nSPS) is 18.7. The number of rotatable bonds is 8. The molecule has 0 spiro atoms. The van der Waals surface area contributed by atoms with Gasteiger partial charge in [-0.3, -0.25) is 9.64 Å². The van der Waals surface area contributed by atoms with Crippen molar-refractivity contribution in [2.45, 2.75) is 64.0 Å². The molecule has 17 heteroatoms. The molecule has 2 aromatic heterocycles. The van der Waals surface area contributed by atoms with Gasteiger partial charge in [0.2, 0.25) is 11.8 Å². The highest BCUT2D eigenvalue weighted by molar-refractivity contribution is 5.69. The van der Waals surface area contributed by atoms with Crippen LogP contribution in [0, 0.1) is 0 Å². The molecule has 1 saturated heterocycles. The lowest BCUT2D eigenvalue weighted by Crippen LogP contribution is -2.48. The smallest absolute Gasteiger partial charge is 0.447 e. The number of piperidine rings is 1. The molecular formula is C21H25F6N5O6. The molecular weight excluding hydrogens is 532 g/mol. The van der Waals surface area contributed by atoms with E-state index in [2.05, 4.69) is 30.0 Å². The minimum atomic E-state index is -4.87. The Morgan fingerprint density at radius 2 is 1.82 bits per heavy atom. The molecule has 3 heterocycles. The van der Waals surface area contributed by atoms with Gasteiger partial charge < -0.3 is 23.9 Å². The Labute approximate surface area is 212 Å². The van der Waals surface area contributed by atoms with E-state index in [4.69, 9.17) is 13.9 Å². The van der Waals surface area contributed by atoms with E-state index in [0.29, 0.717) is 18.5 Å². The average molecular weight is 557 g/mol. The van der Waals surface area contributed by atoms with Crippen molar-refractivity contribution < 1.29 is 54.5 Å². The van der Waals surface area contributed by atoms with Gasteiger partial charge in [-0.05, 0) is 39.7 Å². The third kappa shape index (κ3) is 9.42. The summed E-state index contributed by atoms with van der Waals surface area (Å²) in [5.74, 6) is -0.641. The van der Waals surface area contributed by atoms with Crippen molar-refractivity contribution in [1.29, 1.82) is 0 Å². The third-order valence-corrected chi connectivity index (χ3v) is 4.82. The van der Waals surface area contributed by atoms with E-state index in [1.807, 2.05) is 0 Å². The SMILES string of the molecule is CC(C)(C)OC(=O)N1CC(Nc2ccc(OC(F)(F)F)nc2)CC[C@H]1c1nnc(OCCOC(F)(F)F)o1. The van der Waals surface area contributed by atoms with Crippen LogP contribution in [0.15, 0.2) is 22.7 Å². The summed E-state index contributed by atoms with van der Waals surface area (Å²) in [5.41, 5.74) is -0.441. The van der Waals surface area contributed by atoms with E-state index in [-0.39, 0.29) is 18.5 Å². The van der Waals surface area contributed by atoms with Gasteiger partial charge in [-0.25, -0.2) is 9.78 Å². The minimum Gasteiger partial charge on any atom is -0.447 e. The number of pyridine rings is 1. The first-order valence-corrected chi connectivity index (χ1v) is 11.2. The van der Waals surface area contributed by atoms with Crippen LogP contribution in [0.1, 0.15) is 45.5 Å². The Kier molecular flexibility index (Phi) is 8.79. The number of hydrogen-bond donors (Lipinski definition) is 1. The largest absolute Gasteiger partial charge is 0.574 e. The third-order valence-electron chi connectivity index (χ3n) is 4.82.